The van der Waals surface area contributed by atoms with E-state index in [1.165, 1.54) is 0 Å². The van der Waals surface area contributed by atoms with Crippen LogP contribution in [0.1, 0.15) is 30.1 Å². The van der Waals surface area contributed by atoms with Crippen LogP contribution in [0.4, 0.5) is 11.4 Å². The summed E-state index contributed by atoms with van der Waals surface area (Å²) in [6, 6.07) is 11.6. The third-order valence-corrected chi connectivity index (χ3v) is 3.37. The highest BCUT2D eigenvalue weighted by Crippen LogP contribution is 2.21. The largest absolute Gasteiger partial charge is 0.387 e. The van der Waals surface area contributed by atoms with Crippen molar-refractivity contribution in [1.29, 1.82) is 0 Å². The number of amides is 1. The lowest BCUT2D eigenvalue weighted by atomic mass is 10.1. The number of carbonyl (C=O) groups is 1. The summed E-state index contributed by atoms with van der Waals surface area (Å²) in [5.74, 6) is -0.0212. The quantitative estimate of drug-likeness (QED) is 0.881. The van der Waals surface area contributed by atoms with Crippen LogP contribution in [0.25, 0.3) is 0 Å². The van der Waals surface area contributed by atoms with Gasteiger partial charge in [0.2, 0.25) is 0 Å². The first-order valence-electron chi connectivity index (χ1n) is 7.26. The molecule has 1 heterocycles. The minimum Gasteiger partial charge on any atom is -0.387 e. The van der Waals surface area contributed by atoms with E-state index in [9.17, 15) is 4.79 Å². The van der Waals surface area contributed by atoms with Gasteiger partial charge in [0.1, 0.15) is 0 Å². The average molecular weight is 283 g/mol. The Balaban J connectivity index is 2.34. The number of para-hydroxylation sites is 1. The van der Waals surface area contributed by atoms with Gasteiger partial charge in [0.25, 0.3) is 5.91 Å². The van der Waals surface area contributed by atoms with Crippen LogP contribution in [0.3, 0.4) is 0 Å². The predicted molar refractivity (Wildman–Crippen MR) is 86.8 cm³/mol. The Bertz CT molecular complexity index is 584. The topological polar surface area (TPSA) is 45.2 Å². The summed E-state index contributed by atoms with van der Waals surface area (Å²) < 4.78 is 0. The molecule has 4 nitrogen and oxygen atoms in total. The van der Waals surface area contributed by atoms with Crippen LogP contribution in [0.5, 0.6) is 0 Å². The molecule has 1 aromatic heterocycles. The predicted octanol–water partition coefficient (Wildman–Crippen LogP) is 3.57. The fraction of sp³-hybridized carbons (Fsp3) is 0.294. The second-order valence-electron chi connectivity index (χ2n) is 4.82. The fourth-order valence-corrected chi connectivity index (χ4v) is 2.20. The molecule has 2 aromatic rings. The van der Waals surface area contributed by atoms with E-state index in [0.29, 0.717) is 12.1 Å². The molecule has 4 heteroatoms. The van der Waals surface area contributed by atoms with Gasteiger partial charge >= 0.3 is 0 Å². The molecular weight excluding hydrogens is 262 g/mol. The van der Waals surface area contributed by atoms with Crippen molar-refractivity contribution >= 4 is 17.3 Å². The molecule has 0 atom stereocenters. The van der Waals surface area contributed by atoms with Crippen LogP contribution >= 0.6 is 0 Å². The number of nitrogens with one attached hydrogen (secondary N) is 1. The molecule has 0 aliphatic heterocycles. The third-order valence-electron chi connectivity index (χ3n) is 3.37. The van der Waals surface area contributed by atoms with E-state index in [4.69, 9.17) is 0 Å². The van der Waals surface area contributed by atoms with E-state index < -0.39 is 0 Å². The third kappa shape index (κ3) is 3.60. The van der Waals surface area contributed by atoms with Gasteiger partial charge in [0, 0.05) is 37.4 Å². The van der Waals surface area contributed by atoms with E-state index >= 15 is 0 Å². The van der Waals surface area contributed by atoms with Gasteiger partial charge in [-0.2, -0.15) is 0 Å². The van der Waals surface area contributed by atoms with Gasteiger partial charge in [-0.15, -0.1) is 0 Å². The summed E-state index contributed by atoms with van der Waals surface area (Å²) in [5.41, 5.74) is 2.31. The molecule has 0 unspecified atom stereocenters. The van der Waals surface area contributed by atoms with Crippen LogP contribution in [0, 0.1) is 0 Å². The maximum atomic E-state index is 12.9. The molecule has 110 valence electrons. The summed E-state index contributed by atoms with van der Waals surface area (Å²) in [6.07, 6.45) is 5.32. The summed E-state index contributed by atoms with van der Waals surface area (Å²) in [5, 5.41) is 3.05. The Morgan fingerprint density at radius 1 is 1.24 bits per heavy atom. The van der Waals surface area contributed by atoms with E-state index in [0.717, 1.165) is 24.2 Å². The number of nitrogens with zero attached hydrogens (tertiary/aromatic N) is 2. The number of hydrogen-bond donors (Lipinski definition) is 1. The molecule has 1 amide bonds. The van der Waals surface area contributed by atoms with Gasteiger partial charge in [0.05, 0.1) is 5.56 Å². The van der Waals surface area contributed by atoms with Crippen molar-refractivity contribution in [2.45, 2.75) is 19.8 Å². The van der Waals surface area contributed by atoms with Crippen molar-refractivity contribution in [3.63, 3.8) is 0 Å². The first-order valence-corrected chi connectivity index (χ1v) is 7.26. The molecule has 2 rings (SSSR count). The number of anilines is 2. The van der Waals surface area contributed by atoms with Crippen LogP contribution in [0.15, 0.2) is 48.8 Å². The zero-order valence-electron chi connectivity index (χ0n) is 12.5. The molecule has 1 aromatic carbocycles. The van der Waals surface area contributed by atoms with E-state index in [1.807, 2.05) is 48.3 Å². The average Bonchev–Trinajstić information content (AvgIpc) is 2.56. The number of aromatic nitrogens is 1. The molecule has 0 saturated heterocycles. The maximum absolute atomic E-state index is 12.9. The van der Waals surface area contributed by atoms with Gasteiger partial charge in [0.15, 0.2) is 0 Å². The number of pyridine rings is 1. The number of rotatable bonds is 6. The lowest BCUT2D eigenvalue weighted by Crippen LogP contribution is -2.32. The van der Waals surface area contributed by atoms with Crippen LogP contribution in [0.2, 0.25) is 0 Å². The molecule has 0 saturated carbocycles. The van der Waals surface area contributed by atoms with Crippen LogP contribution in [-0.2, 0) is 0 Å². The summed E-state index contributed by atoms with van der Waals surface area (Å²) >= 11 is 0. The van der Waals surface area contributed by atoms with Gasteiger partial charge in [-0.1, -0.05) is 31.5 Å². The van der Waals surface area contributed by atoms with Crippen molar-refractivity contribution in [3.8, 4) is 0 Å². The number of carbonyl (C=O) groups excluding carboxylic acids is 1. The zero-order chi connectivity index (χ0) is 15.1. The number of unbranched alkanes of at least 4 members (excludes halogenated alkanes) is 1. The summed E-state index contributed by atoms with van der Waals surface area (Å²) in [6.45, 7) is 2.83. The summed E-state index contributed by atoms with van der Waals surface area (Å²) in [4.78, 5) is 18.8. The Labute approximate surface area is 125 Å². The SMILES string of the molecule is CCCCN(C(=O)c1cnccc1NC)c1ccccc1. The standard InChI is InChI=1S/C17H21N3O/c1-3-4-12-20(14-8-6-5-7-9-14)17(21)15-13-19-11-10-16(15)18-2/h5-11,13H,3-4,12H2,1-2H3,(H,18,19). The molecule has 21 heavy (non-hydrogen) atoms. The highest BCUT2D eigenvalue weighted by Gasteiger charge is 2.19. The van der Waals surface area contributed by atoms with E-state index in [2.05, 4.69) is 17.2 Å². The smallest absolute Gasteiger partial charge is 0.261 e. The van der Waals surface area contributed by atoms with Gasteiger partial charge in [-0.3, -0.25) is 9.78 Å². The van der Waals surface area contributed by atoms with E-state index in [1.54, 1.807) is 12.4 Å². The fourth-order valence-electron chi connectivity index (χ4n) is 2.20. The Hall–Kier alpha value is -2.36. The number of hydrogen-bond acceptors (Lipinski definition) is 3. The first-order chi connectivity index (χ1) is 10.3. The van der Waals surface area contributed by atoms with Crippen molar-refractivity contribution in [2.75, 3.05) is 23.8 Å². The maximum Gasteiger partial charge on any atom is 0.261 e. The molecule has 0 aliphatic carbocycles. The molecule has 0 spiro atoms. The van der Waals surface area contributed by atoms with Gasteiger partial charge in [-0.25, -0.2) is 0 Å². The normalized spacial score (nSPS) is 10.2. The second kappa shape index (κ2) is 7.43. The van der Waals surface area contributed by atoms with Crippen molar-refractivity contribution in [3.05, 3.63) is 54.4 Å². The molecule has 0 bridgehead atoms. The summed E-state index contributed by atoms with van der Waals surface area (Å²) in [7, 11) is 1.81. The van der Waals surface area contributed by atoms with Crippen molar-refractivity contribution < 1.29 is 4.79 Å². The highest BCUT2D eigenvalue weighted by molar-refractivity contribution is 6.09. The zero-order valence-corrected chi connectivity index (χ0v) is 12.5. The molecule has 1 N–H and O–H groups in total. The minimum atomic E-state index is -0.0212. The molecule has 0 radical (unpaired) electrons. The Kier molecular flexibility index (Phi) is 5.32. The van der Waals surface area contributed by atoms with Crippen LogP contribution in [-0.4, -0.2) is 24.5 Å². The van der Waals surface area contributed by atoms with Crippen molar-refractivity contribution in [2.24, 2.45) is 0 Å². The molecule has 0 fully saturated rings. The van der Waals surface area contributed by atoms with Gasteiger partial charge in [-0.05, 0) is 24.6 Å². The molecule has 0 aliphatic rings. The first kappa shape index (κ1) is 15.0. The lowest BCUT2D eigenvalue weighted by Gasteiger charge is -2.23. The van der Waals surface area contributed by atoms with Gasteiger partial charge < -0.3 is 10.2 Å². The Morgan fingerprint density at radius 3 is 2.67 bits per heavy atom. The van der Waals surface area contributed by atoms with Crippen molar-refractivity contribution in [1.82, 2.24) is 4.98 Å². The lowest BCUT2D eigenvalue weighted by molar-refractivity contribution is 0.0987. The monoisotopic (exact) mass is 283 g/mol. The van der Waals surface area contributed by atoms with Crippen LogP contribution < -0.4 is 10.2 Å². The van der Waals surface area contributed by atoms with E-state index in [-0.39, 0.29) is 5.91 Å². The highest BCUT2D eigenvalue weighted by atomic mass is 16.2. The minimum absolute atomic E-state index is 0.0212. The Morgan fingerprint density at radius 2 is 2.00 bits per heavy atom. The second-order valence-corrected chi connectivity index (χ2v) is 4.82. The molecular formula is C17H21N3O. The number of benzene rings is 1.